The summed E-state index contributed by atoms with van der Waals surface area (Å²) >= 11 is 6.17. The number of imidazole rings is 1. The molecule has 156 valence electrons. The van der Waals surface area contributed by atoms with E-state index in [9.17, 15) is 4.79 Å². The second kappa shape index (κ2) is 9.30. The lowest BCUT2D eigenvalue weighted by atomic mass is 9.99. The zero-order valence-electron chi connectivity index (χ0n) is 17.1. The number of carbonyl (C=O) groups excluding carboxylic acids is 1. The van der Waals surface area contributed by atoms with Gasteiger partial charge >= 0.3 is 0 Å². The number of amides is 1. The maximum absolute atomic E-state index is 12.5. The minimum Gasteiger partial charge on any atom is -0.357 e. The van der Waals surface area contributed by atoms with Crippen LogP contribution in [0.3, 0.4) is 0 Å². The first-order valence-corrected chi connectivity index (χ1v) is 10.7. The van der Waals surface area contributed by atoms with Crippen molar-refractivity contribution in [3.8, 4) is 11.4 Å². The maximum Gasteiger partial charge on any atom is 0.240 e. The van der Waals surface area contributed by atoms with Gasteiger partial charge in [0.2, 0.25) is 5.91 Å². The second-order valence-corrected chi connectivity index (χ2v) is 8.23. The fraction of sp³-hybridized carbons (Fsp3) is 0.348. The van der Waals surface area contributed by atoms with E-state index < -0.39 is 0 Å². The molecule has 1 aliphatic rings. The van der Waals surface area contributed by atoms with Crippen LogP contribution in [-0.4, -0.2) is 33.5 Å². The summed E-state index contributed by atoms with van der Waals surface area (Å²) in [6, 6.07) is 11.5. The Hall–Kier alpha value is -2.86. The van der Waals surface area contributed by atoms with Crippen LogP contribution in [0.1, 0.15) is 25.3 Å². The van der Waals surface area contributed by atoms with Crippen LogP contribution in [0.15, 0.2) is 55.0 Å². The molecule has 1 aromatic carbocycles. The standard InChI is InChI=1S/C23H26ClN5O/c1-17-7-11-28(12-8-17)21-14-18(6-9-25-21)23-26-10-13-29(23)16-22(30)27-15-19-4-2-3-5-20(19)24/h2-6,9-10,13-14,17H,7-8,11-12,15-16H2,1H3,(H,27,30). The number of benzene rings is 1. The molecule has 0 bridgehead atoms. The van der Waals surface area contributed by atoms with Crippen molar-refractivity contribution >= 4 is 23.3 Å². The van der Waals surface area contributed by atoms with E-state index in [0.717, 1.165) is 41.8 Å². The zero-order chi connectivity index (χ0) is 20.9. The van der Waals surface area contributed by atoms with Crippen LogP contribution in [0.25, 0.3) is 11.4 Å². The second-order valence-electron chi connectivity index (χ2n) is 7.82. The van der Waals surface area contributed by atoms with E-state index in [-0.39, 0.29) is 12.5 Å². The highest BCUT2D eigenvalue weighted by Crippen LogP contribution is 2.25. The Bertz CT molecular complexity index is 1010. The van der Waals surface area contributed by atoms with Gasteiger partial charge in [-0.3, -0.25) is 4.79 Å². The number of halogens is 1. The molecule has 0 aliphatic carbocycles. The third kappa shape index (κ3) is 4.82. The maximum atomic E-state index is 12.5. The SMILES string of the molecule is CC1CCN(c2cc(-c3nccn3CC(=O)NCc3ccccc3Cl)ccn2)CC1. The summed E-state index contributed by atoms with van der Waals surface area (Å²) in [6.07, 6.45) is 7.74. The number of pyridine rings is 1. The fourth-order valence-corrected chi connectivity index (χ4v) is 3.91. The average Bonchev–Trinajstić information content (AvgIpc) is 3.22. The highest BCUT2D eigenvalue weighted by atomic mass is 35.5. The summed E-state index contributed by atoms with van der Waals surface area (Å²) in [6.45, 7) is 4.94. The van der Waals surface area contributed by atoms with Crippen molar-refractivity contribution in [2.45, 2.75) is 32.9 Å². The van der Waals surface area contributed by atoms with Crippen LogP contribution in [0, 0.1) is 5.92 Å². The number of nitrogens with one attached hydrogen (secondary N) is 1. The van der Waals surface area contributed by atoms with Gasteiger partial charge < -0.3 is 14.8 Å². The van der Waals surface area contributed by atoms with E-state index >= 15 is 0 Å². The van der Waals surface area contributed by atoms with E-state index in [4.69, 9.17) is 11.6 Å². The van der Waals surface area contributed by atoms with Crippen LogP contribution in [0.5, 0.6) is 0 Å². The van der Waals surface area contributed by atoms with E-state index in [1.54, 1.807) is 6.20 Å². The van der Waals surface area contributed by atoms with Crippen molar-refractivity contribution in [3.63, 3.8) is 0 Å². The normalized spacial score (nSPS) is 14.7. The molecule has 6 nitrogen and oxygen atoms in total. The number of hydrogen-bond acceptors (Lipinski definition) is 4. The Morgan fingerprint density at radius 3 is 2.77 bits per heavy atom. The van der Waals surface area contributed by atoms with Crippen LogP contribution in [-0.2, 0) is 17.9 Å². The molecule has 2 aromatic heterocycles. The Morgan fingerprint density at radius 2 is 1.97 bits per heavy atom. The largest absolute Gasteiger partial charge is 0.357 e. The Morgan fingerprint density at radius 1 is 1.17 bits per heavy atom. The predicted molar refractivity (Wildman–Crippen MR) is 119 cm³/mol. The molecule has 30 heavy (non-hydrogen) atoms. The lowest BCUT2D eigenvalue weighted by Crippen LogP contribution is -2.33. The van der Waals surface area contributed by atoms with Gasteiger partial charge in [0.25, 0.3) is 0 Å². The molecule has 0 spiro atoms. The quantitative estimate of drug-likeness (QED) is 0.646. The van der Waals surface area contributed by atoms with Crippen LogP contribution >= 0.6 is 11.6 Å². The number of piperidine rings is 1. The highest BCUT2D eigenvalue weighted by Gasteiger charge is 2.18. The molecule has 1 amide bonds. The van der Waals surface area contributed by atoms with Crippen molar-refractivity contribution in [3.05, 3.63) is 65.6 Å². The molecule has 3 aromatic rings. The molecule has 7 heteroatoms. The van der Waals surface area contributed by atoms with Gasteiger partial charge in [-0.2, -0.15) is 0 Å². The minimum atomic E-state index is -0.0894. The Labute approximate surface area is 181 Å². The first-order chi connectivity index (χ1) is 14.6. The van der Waals surface area contributed by atoms with Gasteiger partial charge in [-0.05, 0) is 42.5 Å². The summed E-state index contributed by atoms with van der Waals surface area (Å²) < 4.78 is 1.86. The van der Waals surface area contributed by atoms with E-state index in [0.29, 0.717) is 11.6 Å². The van der Waals surface area contributed by atoms with Crippen molar-refractivity contribution in [2.75, 3.05) is 18.0 Å². The van der Waals surface area contributed by atoms with E-state index in [1.807, 2.05) is 47.3 Å². The summed E-state index contributed by atoms with van der Waals surface area (Å²) in [7, 11) is 0. The third-order valence-corrected chi connectivity index (χ3v) is 5.94. The van der Waals surface area contributed by atoms with Gasteiger partial charge in [-0.25, -0.2) is 9.97 Å². The molecule has 0 radical (unpaired) electrons. The third-order valence-electron chi connectivity index (χ3n) is 5.57. The van der Waals surface area contributed by atoms with Gasteiger partial charge in [0.15, 0.2) is 0 Å². The van der Waals surface area contributed by atoms with E-state index in [1.165, 1.54) is 12.8 Å². The highest BCUT2D eigenvalue weighted by molar-refractivity contribution is 6.31. The molecule has 0 saturated carbocycles. The van der Waals surface area contributed by atoms with Crippen molar-refractivity contribution < 1.29 is 4.79 Å². The molecule has 1 N–H and O–H groups in total. The average molecular weight is 424 g/mol. The number of aromatic nitrogens is 3. The Balaban J connectivity index is 1.43. The molecular weight excluding hydrogens is 398 g/mol. The molecular formula is C23H26ClN5O. The van der Waals surface area contributed by atoms with Gasteiger partial charge in [-0.15, -0.1) is 0 Å². The molecule has 4 rings (SSSR count). The lowest BCUT2D eigenvalue weighted by Gasteiger charge is -2.31. The number of nitrogens with zero attached hydrogens (tertiary/aromatic N) is 4. The van der Waals surface area contributed by atoms with Gasteiger partial charge in [0, 0.05) is 48.8 Å². The minimum absolute atomic E-state index is 0.0894. The van der Waals surface area contributed by atoms with Gasteiger partial charge in [0.1, 0.15) is 18.2 Å². The summed E-state index contributed by atoms with van der Waals surface area (Å²) in [4.78, 5) is 23.9. The number of rotatable bonds is 6. The lowest BCUT2D eigenvalue weighted by molar-refractivity contribution is -0.121. The first kappa shape index (κ1) is 20.4. The molecule has 1 saturated heterocycles. The number of anilines is 1. The topological polar surface area (TPSA) is 63.1 Å². The van der Waals surface area contributed by atoms with Crippen molar-refractivity contribution in [1.29, 1.82) is 0 Å². The monoisotopic (exact) mass is 423 g/mol. The fourth-order valence-electron chi connectivity index (χ4n) is 3.71. The first-order valence-electron chi connectivity index (χ1n) is 10.3. The summed E-state index contributed by atoms with van der Waals surface area (Å²) in [5.41, 5.74) is 1.86. The van der Waals surface area contributed by atoms with Crippen molar-refractivity contribution in [2.24, 2.45) is 5.92 Å². The molecule has 1 fully saturated rings. The van der Waals surface area contributed by atoms with Gasteiger partial charge in [-0.1, -0.05) is 36.7 Å². The molecule has 3 heterocycles. The van der Waals surface area contributed by atoms with E-state index in [2.05, 4.69) is 33.2 Å². The molecule has 1 aliphatic heterocycles. The van der Waals surface area contributed by atoms with Crippen LogP contribution in [0.4, 0.5) is 5.82 Å². The molecule has 0 unspecified atom stereocenters. The van der Waals surface area contributed by atoms with Crippen LogP contribution in [0.2, 0.25) is 5.02 Å². The zero-order valence-corrected chi connectivity index (χ0v) is 17.8. The smallest absolute Gasteiger partial charge is 0.240 e. The number of carbonyl (C=O) groups is 1. The predicted octanol–water partition coefficient (Wildman–Crippen LogP) is 4.15. The number of hydrogen-bond donors (Lipinski definition) is 1. The van der Waals surface area contributed by atoms with Gasteiger partial charge in [0.05, 0.1) is 0 Å². The van der Waals surface area contributed by atoms with Crippen molar-refractivity contribution in [1.82, 2.24) is 19.9 Å². The summed E-state index contributed by atoms with van der Waals surface area (Å²) in [5, 5.41) is 3.58. The van der Waals surface area contributed by atoms with Crippen LogP contribution < -0.4 is 10.2 Å². The Kier molecular flexibility index (Phi) is 6.33. The summed E-state index contributed by atoms with van der Waals surface area (Å²) in [5.74, 6) is 2.41. The molecule has 0 atom stereocenters.